The Balaban J connectivity index is 0.000000161. The molecule has 0 spiro atoms. The van der Waals surface area contributed by atoms with Crippen molar-refractivity contribution in [2.45, 2.75) is 55.5 Å². The van der Waals surface area contributed by atoms with E-state index >= 15 is 0 Å². The van der Waals surface area contributed by atoms with E-state index in [4.69, 9.17) is 31.8 Å². The molecule has 6 aromatic rings. The molecule has 2 saturated heterocycles. The maximum Gasteiger partial charge on any atom is 0.183 e. The summed E-state index contributed by atoms with van der Waals surface area (Å²) in [6, 6.07) is 0. The number of aromatic amines is 1. The van der Waals surface area contributed by atoms with Crippen molar-refractivity contribution in [3.05, 3.63) is 37.5 Å². The zero-order valence-electron chi connectivity index (χ0n) is 24.1. The third kappa shape index (κ3) is 5.18. The summed E-state index contributed by atoms with van der Waals surface area (Å²) < 4.78 is 14.3. The zero-order valence-corrected chi connectivity index (χ0v) is 24.1. The number of aliphatic hydroxyl groups excluding tert-OH is 5. The number of aromatic nitrogens is 12. The van der Waals surface area contributed by atoms with Crippen molar-refractivity contribution in [3.8, 4) is 0 Å². The summed E-state index contributed by atoms with van der Waals surface area (Å²) in [4.78, 5) is 39.5. The number of ether oxygens (including phenoxy) is 2. The minimum Gasteiger partial charge on any atom is -0.394 e. The zero-order chi connectivity index (χ0) is 33.0. The van der Waals surface area contributed by atoms with Gasteiger partial charge in [-0.15, -0.1) is 0 Å². The number of nitrogens with one attached hydrogen (secondary N) is 1. The van der Waals surface area contributed by atoms with Crippen LogP contribution in [0.25, 0.3) is 33.5 Å². The quantitative estimate of drug-likeness (QED) is 0.0874. The van der Waals surface area contributed by atoms with Crippen LogP contribution >= 0.6 is 0 Å². The molecule has 0 aliphatic carbocycles. The number of nitrogens with two attached hydrogens (primary N) is 3. The van der Waals surface area contributed by atoms with Crippen LogP contribution in [0.4, 0.5) is 17.5 Å². The number of rotatable bonds is 5. The third-order valence-electron chi connectivity index (χ3n) is 7.92. The summed E-state index contributed by atoms with van der Waals surface area (Å²) in [5.74, 6) is 1.02. The molecule has 0 amide bonds. The van der Waals surface area contributed by atoms with Gasteiger partial charge in [-0.25, -0.2) is 44.9 Å². The largest absolute Gasteiger partial charge is 0.394 e. The van der Waals surface area contributed by atoms with Crippen molar-refractivity contribution in [1.82, 2.24) is 59.0 Å². The van der Waals surface area contributed by atoms with Gasteiger partial charge in [-0.1, -0.05) is 0 Å². The smallest absolute Gasteiger partial charge is 0.183 e. The number of anilines is 3. The number of fused-ring (bicyclic) bond motifs is 3. The first kappa shape index (κ1) is 30.4. The van der Waals surface area contributed by atoms with Gasteiger partial charge >= 0.3 is 0 Å². The Hall–Kier alpha value is -5.23. The van der Waals surface area contributed by atoms with Gasteiger partial charge in [0.2, 0.25) is 0 Å². The van der Waals surface area contributed by atoms with Crippen LogP contribution in [-0.4, -0.2) is 128 Å². The van der Waals surface area contributed by atoms with Crippen molar-refractivity contribution in [2.75, 3.05) is 23.8 Å². The highest BCUT2D eigenvalue weighted by molar-refractivity contribution is 5.82. The summed E-state index contributed by atoms with van der Waals surface area (Å²) in [7, 11) is 0. The van der Waals surface area contributed by atoms with E-state index in [-0.39, 0.29) is 23.9 Å². The average molecular weight is 652 g/mol. The summed E-state index contributed by atoms with van der Waals surface area (Å²) in [6.45, 7) is -0.390. The fourth-order valence-electron chi connectivity index (χ4n) is 5.52. The molecule has 8 heterocycles. The van der Waals surface area contributed by atoms with Gasteiger partial charge in [0.15, 0.2) is 46.9 Å². The number of nitrogens with zero attached hydrogens (tertiary/aromatic N) is 11. The standard InChI is InChI=1S/C15H16N10O3.C10H13N5O4/c16-11-8-14(21-3-19-11)25(4-22-8)15-10(27)9(26)5(28-15)1-6-23-12(17)7-13(24-6)20-2-18-7;11-8-5-9(13-2-12-8)15(3-14-5)10-7(18)6(17)4(1-16)19-10/h2-5,9-10,15,26-27H,1H2,(H2,16,19,21)(H3,17,18,20,23,24);2-4,6-7,10,16-18H,1H2,(H2,11,12,13)/t5-,9-,10-,15-;4-,6-,7-,10-/m11/s1. The number of hydrogen-bond acceptors (Lipinski definition) is 19. The van der Waals surface area contributed by atoms with Crippen LogP contribution in [0.1, 0.15) is 18.3 Å². The van der Waals surface area contributed by atoms with Gasteiger partial charge in [0.05, 0.1) is 31.7 Å². The molecular formula is C25H29N15O7. The first-order chi connectivity index (χ1) is 22.7. The van der Waals surface area contributed by atoms with E-state index in [0.717, 1.165) is 0 Å². The fraction of sp³-hybridized carbons (Fsp3) is 0.400. The molecule has 0 radical (unpaired) electrons. The maximum absolute atomic E-state index is 10.5. The normalized spacial score (nSPS) is 27.5. The molecule has 8 atom stereocenters. The van der Waals surface area contributed by atoms with Crippen LogP contribution < -0.4 is 17.2 Å². The maximum atomic E-state index is 10.5. The molecule has 12 N–H and O–H groups in total. The van der Waals surface area contributed by atoms with E-state index in [2.05, 4.69) is 49.8 Å². The first-order valence-electron chi connectivity index (χ1n) is 14.1. The topological polar surface area (TPSA) is 339 Å². The van der Waals surface area contributed by atoms with Crippen molar-refractivity contribution in [2.24, 2.45) is 0 Å². The van der Waals surface area contributed by atoms with Crippen molar-refractivity contribution >= 4 is 50.9 Å². The van der Waals surface area contributed by atoms with E-state index in [1.165, 1.54) is 40.8 Å². The van der Waals surface area contributed by atoms with Gasteiger partial charge in [0.1, 0.15) is 65.5 Å². The lowest BCUT2D eigenvalue weighted by molar-refractivity contribution is -0.0511. The number of hydrogen-bond donors (Lipinski definition) is 9. The van der Waals surface area contributed by atoms with E-state index in [0.29, 0.717) is 39.3 Å². The highest BCUT2D eigenvalue weighted by Crippen LogP contribution is 2.34. The number of nitrogen functional groups attached to an aromatic ring is 3. The van der Waals surface area contributed by atoms with Gasteiger partial charge in [-0.3, -0.25) is 9.13 Å². The van der Waals surface area contributed by atoms with Gasteiger partial charge in [-0.2, -0.15) is 0 Å². The van der Waals surface area contributed by atoms with Crippen LogP contribution in [0.5, 0.6) is 0 Å². The lowest BCUT2D eigenvalue weighted by Gasteiger charge is -2.16. The van der Waals surface area contributed by atoms with Crippen LogP contribution in [0.2, 0.25) is 0 Å². The molecule has 2 aliphatic heterocycles. The lowest BCUT2D eigenvalue weighted by Crippen LogP contribution is -2.33. The highest BCUT2D eigenvalue weighted by Gasteiger charge is 2.45. The second-order valence-electron chi connectivity index (χ2n) is 10.8. The van der Waals surface area contributed by atoms with E-state index < -0.39 is 55.7 Å². The van der Waals surface area contributed by atoms with Crippen LogP contribution in [0.3, 0.4) is 0 Å². The third-order valence-corrected chi connectivity index (χ3v) is 7.92. The van der Waals surface area contributed by atoms with Crippen molar-refractivity contribution in [3.63, 3.8) is 0 Å². The van der Waals surface area contributed by atoms with Crippen LogP contribution in [-0.2, 0) is 15.9 Å². The Morgan fingerprint density at radius 2 is 1.23 bits per heavy atom. The SMILES string of the molecule is Nc1ncnc2c1ncn2[C@@H]1O[C@H](CO)[C@@H](O)[C@H]1O.Nc1ncnc2c1ncn2[C@@H]1O[C@H](Cc2nc(N)c3[nH]cnc3n2)[C@@H](O)[C@H]1O. The summed E-state index contributed by atoms with van der Waals surface area (Å²) in [5, 5.41) is 49.7. The van der Waals surface area contributed by atoms with Crippen molar-refractivity contribution < 1.29 is 35.0 Å². The Labute approximate surface area is 261 Å². The van der Waals surface area contributed by atoms with Gasteiger partial charge in [0, 0.05) is 6.42 Å². The molecule has 6 aromatic heterocycles. The number of H-pyrrole nitrogens is 1. The lowest BCUT2D eigenvalue weighted by atomic mass is 10.1. The second kappa shape index (κ2) is 11.8. The number of imidazole rings is 3. The molecule has 0 aromatic carbocycles. The molecule has 0 saturated carbocycles. The predicted molar refractivity (Wildman–Crippen MR) is 158 cm³/mol. The van der Waals surface area contributed by atoms with Crippen LogP contribution in [0.15, 0.2) is 31.6 Å². The molecule has 47 heavy (non-hydrogen) atoms. The molecule has 0 bridgehead atoms. The molecular weight excluding hydrogens is 622 g/mol. The Morgan fingerprint density at radius 1 is 0.681 bits per heavy atom. The van der Waals surface area contributed by atoms with Crippen LogP contribution in [0, 0.1) is 0 Å². The van der Waals surface area contributed by atoms with E-state index in [9.17, 15) is 20.4 Å². The Morgan fingerprint density at radius 3 is 1.79 bits per heavy atom. The van der Waals surface area contributed by atoms with Gasteiger partial charge < -0.3 is 57.2 Å². The summed E-state index contributed by atoms with van der Waals surface area (Å²) >= 11 is 0. The molecule has 22 heteroatoms. The Kier molecular flexibility index (Phi) is 7.67. The minimum atomic E-state index is -1.22. The Bertz CT molecular complexity index is 2050. The molecule has 22 nitrogen and oxygen atoms in total. The first-order valence-corrected chi connectivity index (χ1v) is 14.1. The van der Waals surface area contributed by atoms with E-state index in [1.807, 2.05) is 0 Å². The highest BCUT2D eigenvalue weighted by atomic mass is 16.6. The van der Waals surface area contributed by atoms with Gasteiger partial charge in [0.25, 0.3) is 0 Å². The fourth-order valence-corrected chi connectivity index (χ4v) is 5.52. The summed E-state index contributed by atoms with van der Waals surface area (Å²) in [6.07, 6.45) is -1.18. The summed E-state index contributed by atoms with van der Waals surface area (Å²) in [5.41, 5.74) is 19.9. The molecule has 8 rings (SSSR count). The van der Waals surface area contributed by atoms with Gasteiger partial charge in [-0.05, 0) is 0 Å². The van der Waals surface area contributed by atoms with E-state index in [1.54, 1.807) is 0 Å². The second-order valence-corrected chi connectivity index (χ2v) is 10.8. The minimum absolute atomic E-state index is 0.130. The predicted octanol–water partition coefficient (Wildman–Crippen LogP) is -3.46. The monoisotopic (exact) mass is 651 g/mol. The average Bonchev–Trinajstić information content (AvgIpc) is 3.89. The molecule has 2 fully saturated rings. The molecule has 246 valence electrons. The molecule has 0 unspecified atom stereocenters. The number of aliphatic hydroxyl groups is 5. The molecule has 2 aliphatic rings. The van der Waals surface area contributed by atoms with Crippen molar-refractivity contribution in [1.29, 1.82) is 0 Å².